The molecule has 0 aliphatic carbocycles. The molecule has 2 nitrogen and oxygen atoms in total. The zero-order chi connectivity index (χ0) is 25.6. The quantitative estimate of drug-likeness (QED) is 0.229. The Bertz CT molecular complexity index is 1080. The van der Waals surface area contributed by atoms with E-state index >= 15 is 0 Å². The summed E-state index contributed by atoms with van der Waals surface area (Å²) in [6.45, 7) is 23.9. The van der Waals surface area contributed by atoms with E-state index in [9.17, 15) is 4.79 Å². The van der Waals surface area contributed by atoms with E-state index in [1.54, 1.807) is 29.2 Å². The smallest absolute Gasteiger partial charge is 0.259 e. The number of allylic oxidation sites excluding steroid dienone is 15. The first kappa shape index (κ1) is 28.1. The average Bonchev–Trinajstić information content (AvgIpc) is 3.06. The lowest BCUT2D eigenvalue weighted by Gasteiger charge is -2.42. The number of nitrogens with zero attached hydrogens (tertiary/aromatic N) is 1. The number of rotatable bonds is 11. The largest absolute Gasteiger partial charge is 0.290 e. The minimum atomic E-state index is -1.02. The van der Waals surface area contributed by atoms with Crippen molar-refractivity contribution in [2.45, 2.75) is 33.2 Å². The Balaban J connectivity index is 4.40. The van der Waals surface area contributed by atoms with Crippen LogP contribution in [0.2, 0.25) is 0 Å². The minimum Gasteiger partial charge on any atom is -0.290 e. The zero-order valence-electron chi connectivity index (χ0n) is 21.0. The third-order valence-corrected chi connectivity index (χ3v) is 5.27. The molecular weight excluding hydrogens is 414 g/mol. The highest BCUT2D eigenvalue weighted by Crippen LogP contribution is 2.51. The van der Waals surface area contributed by atoms with Gasteiger partial charge in [0.15, 0.2) is 0 Å². The number of carbonyl (C=O) groups excluding carboxylic acids is 1. The van der Waals surface area contributed by atoms with E-state index in [0.717, 1.165) is 22.4 Å². The summed E-state index contributed by atoms with van der Waals surface area (Å²) in [6.07, 6.45) is 32.0. The van der Waals surface area contributed by atoms with Crippen molar-refractivity contribution in [1.82, 2.24) is 4.90 Å². The molecule has 0 aromatic rings. The minimum absolute atomic E-state index is 0.147. The molecule has 0 saturated carbocycles. The Labute approximate surface area is 206 Å². The van der Waals surface area contributed by atoms with Crippen molar-refractivity contribution in [2.75, 3.05) is 0 Å². The van der Waals surface area contributed by atoms with Crippen molar-refractivity contribution in [3.63, 3.8) is 0 Å². The van der Waals surface area contributed by atoms with Gasteiger partial charge in [0.1, 0.15) is 5.54 Å². The molecule has 0 bridgehead atoms. The van der Waals surface area contributed by atoms with Gasteiger partial charge in [-0.2, -0.15) is 0 Å². The van der Waals surface area contributed by atoms with E-state index in [-0.39, 0.29) is 5.91 Å². The molecule has 0 aromatic heterocycles. The van der Waals surface area contributed by atoms with Crippen LogP contribution in [-0.2, 0) is 4.79 Å². The fraction of sp³-hybridized carbons (Fsp3) is 0.156. The lowest BCUT2D eigenvalue weighted by Crippen LogP contribution is -2.48. The molecule has 176 valence electrons. The van der Waals surface area contributed by atoms with Crippen molar-refractivity contribution in [3.05, 3.63) is 158 Å². The molecule has 0 N–H and O–H groups in total. The topological polar surface area (TPSA) is 20.3 Å². The molecule has 1 amide bonds. The van der Waals surface area contributed by atoms with Crippen molar-refractivity contribution >= 4 is 5.91 Å². The Morgan fingerprint density at radius 2 is 1.47 bits per heavy atom. The van der Waals surface area contributed by atoms with Gasteiger partial charge in [-0.3, -0.25) is 9.69 Å². The molecule has 1 saturated heterocycles. The Morgan fingerprint density at radius 1 is 0.794 bits per heavy atom. The highest BCUT2D eigenvalue weighted by atomic mass is 16.2. The van der Waals surface area contributed by atoms with Crippen LogP contribution >= 0.6 is 0 Å². The molecule has 1 aliphatic heterocycles. The normalized spacial score (nSPS) is 22.6. The van der Waals surface area contributed by atoms with E-state index in [1.165, 1.54) is 0 Å². The Hall–Kier alpha value is -3.91. The van der Waals surface area contributed by atoms with Crippen LogP contribution < -0.4 is 0 Å². The number of amides is 1. The summed E-state index contributed by atoms with van der Waals surface area (Å²) in [7, 11) is 0. The van der Waals surface area contributed by atoms with Gasteiger partial charge in [-0.15, -0.1) is 0 Å². The average molecular weight is 452 g/mol. The van der Waals surface area contributed by atoms with Crippen LogP contribution in [0.3, 0.4) is 0 Å². The van der Waals surface area contributed by atoms with Crippen LogP contribution in [0.4, 0.5) is 0 Å². The summed E-state index contributed by atoms with van der Waals surface area (Å²) >= 11 is 0. The summed E-state index contributed by atoms with van der Waals surface area (Å²) in [5.74, 6) is -0.147. The second-order valence-electron chi connectivity index (χ2n) is 7.35. The second kappa shape index (κ2) is 14.3. The van der Waals surface area contributed by atoms with Crippen LogP contribution in [0.5, 0.6) is 0 Å². The van der Waals surface area contributed by atoms with Gasteiger partial charge in [-0.1, -0.05) is 117 Å². The molecule has 0 radical (unpaired) electrons. The van der Waals surface area contributed by atoms with Crippen LogP contribution in [0, 0.1) is 0 Å². The monoisotopic (exact) mass is 451 g/mol. The van der Waals surface area contributed by atoms with Crippen LogP contribution in [0.1, 0.15) is 27.7 Å². The summed E-state index contributed by atoms with van der Waals surface area (Å²) < 4.78 is 0. The standard InChI is InChI=1S/C32H37NO/c1-9-16-19-23-26(8)32(27(20-12-4)24-17-10-2)30(22-14-6)29(21-13-5)31(34)33(32)28(15-7)25-18-11-3/h9-25H,3,5-6,8H2,1-2,4,7H3/b16-9-,17-10-,20-12-,23-19-,25-18-,27-24+,28-15+,29-21+,30-22+. The molecule has 0 spiro atoms. The van der Waals surface area contributed by atoms with Gasteiger partial charge in [0.05, 0.1) is 0 Å². The molecule has 34 heavy (non-hydrogen) atoms. The maximum absolute atomic E-state index is 14.1. The van der Waals surface area contributed by atoms with Crippen molar-refractivity contribution in [3.8, 4) is 0 Å². The van der Waals surface area contributed by atoms with Gasteiger partial charge >= 0.3 is 0 Å². The van der Waals surface area contributed by atoms with Gasteiger partial charge in [-0.05, 0) is 56.6 Å². The predicted octanol–water partition coefficient (Wildman–Crippen LogP) is 8.21. The molecule has 1 rings (SSSR count). The van der Waals surface area contributed by atoms with Crippen molar-refractivity contribution < 1.29 is 4.79 Å². The summed E-state index contributed by atoms with van der Waals surface area (Å²) in [5, 5.41) is 0. The Kier molecular flexibility index (Phi) is 11.8. The van der Waals surface area contributed by atoms with Crippen molar-refractivity contribution in [1.29, 1.82) is 0 Å². The molecule has 1 heterocycles. The summed E-state index contributed by atoms with van der Waals surface area (Å²) in [4.78, 5) is 15.9. The van der Waals surface area contributed by atoms with Crippen LogP contribution in [-0.4, -0.2) is 16.3 Å². The van der Waals surface area contributed by atoms with Gasteiger partial charge in [0, 0.05) is 11.3 Å². The van der Waals surface area contributed by atoms with E-state index in [0.29, 0.717) is 5.57 Å². The maximum Gasteiger partial charge on any atom is 0.259 e. The molecule has 1 aliphatic rings. The summed E-state index contributed by atoms with van der Waals surface area (Å²) in [5.41, 5.74) is 2.66. The fourth-order valence-electron chi connectivity index (χ4n) is 3.95. The molecule has 1 unspecified atom stereocenters. The first-order valence-corrected chi connectivity index (χ1v) is 11.4. The molecule has 2 heteroatoms. The predicted molar refractivity (Wildman–Crippen MR) is 150 cm³/mol. The zero-order valence-corrected chi connectivity index (χ0v) is 21.0. The third kappa shape index (κ3) is 5.71. The Morgan fingerprint density at radius 3 is 2.00 bits per heavy atom. The molecule has 1 atom stereocenters. The number of likely N-dealkylation sites (tertiary alicyclic amines) is 1. The fourth-order valence-corrected chi connectivity index (χ4v) is 3.95. The van der Waals surface area contributed by atoms with Crippen LogP contribution in [0.15, 0.2) is 158 Å². The van der Waals surface area contributed by atoms with E-state index in [4.69, 9.17) is 0 Å². The second-order valence-corrected chi connectivity index (χ2v) is 7.35. The van der Waals surface area contributed by atoms with Gasteiger partial charge < -0.3 is 0 Å². The van der Waals surface area contributed by atoms with E-state index < -0.39 is 5.54 Å². The molecule has 1 fully saturated rings. The van der Waals surface area contributed by atoms with E-state index in [1.807, 2.05) is 107 Å². The SMILES string of the molecule is C=C/C=C\C(=C/C)N1C(=O)C(=C/C=C)/C(=C\C=C)C1(C(=C)/C=C\C=C/C)C(/C=C\C)=C/C=C\C. The lowest BCUT2D eigenvalue weighted by molar-refractivity contribution is -0.124. The summed E-state index contributed by atoms with van der Waals surface area (Å²) in [6, 6.07) is 0. The van der Waals surface area contributed by atoms with Gasteiger partial charge in [-0.25, -0.2) is 0 Å². The molecular formula is C32H37NO. The van der Waals surface area contributed by atoms with Crippen LogP contribution in [0.25, 0.3) is 0 Å². The van der Waals surface area contributed by atoms with E-state index in [2.05, 4.69) is 26.3 Å². The first-order chi connectivity index (χ1) is 16.5. The molecule has 0 aromatic carbocycles. The maximum atomic E-state index is 14.1. The van der Waals surface area contributed by atoms with Crippen molar-refractivity contribution in [2.24, 2.45) is 0 Å². The third-order valence-electron chi connectivity index (χ3n) is 5.27. The van der Waals surface area contributed by atoms with Gasteiger partial charge in [0.25, 0.3) is 5.91 Å². The highest BCUT2D eigenvalue weighted by Gasteiger charge is 2.55. The first-order valence-electron chi connectivity index (χ1n) is 11.4. The number of hydrogen-bond acceptors (Lipinski definition) is 1. The van der Waals surface area contributed by atoms with Gasteiger partial charge in [0.2, 0.25) is 0 Å². The number of carbonyl (C=O) groups is 1. The lowest BCUT2D eigenvalue weighted by atomic mass is 9.74. The number of hydrogen-bond donors (Lipinski definition) is 0. The highest BCUT2D eigenvalue weighted by molar-refractivity contribution is 6.07.